The quantitative estimate of drug-likeness (QED) is 0.217. The van der Waals surface area contributed by atoms with Crippen molar-refractivity contribution in [3.05, 3.63) is 63.9 Å². The van der Waals surface area contributed by atoms with E-state index in [-0.39, 0.29) is 24.0 Å². The van der Waals surface area contributed by atoms with E-state index < -0.39 is 0 Å². The molecule has 0 aliphatic carbocycles. The lowest BCUT2D eigenvalue weighted by atomic mass is 9.98. The average Bonchev–Trinajstić information content (AvgIpc) is 3.42. The fourth-order valence-electron chi connectivity index (χ4n) is 3.18. The van der Waals surface area contributed by atoms with E-state index >= 15 is 0 Å². The molecule has 0 saturated heterocycles. The molecule has 0 radical (unpaired) electrons. The lowest BCUT2D eigenvalue weighted by Gasteiger charge is -2.16. The van der Waals surface area contributed by atoms with Gasteiger partial charge in [0.05, 0.1) is 7.11 Å². The summed E-state index contributed by atoms with van der Waals surface area (Å²) < 4.78 is 7.22. The van der Waals surface area contributed by atoms with Crippen molar-refractivity contribution in [1.82, 2.24) is 25.4 Å². The number of hydrogen-bond acceptors (Lipinski definition) is 5. The van der Waals surface area contributed by atoms with Crippen LogP contribution in [-0.4, -0.2) is 40.9 Å². The summed E-state index contributed by atoms with van der Waals surface area (Å²) in [5.74, 6) is 3.87. The highest BCUT2D eigenvalue weighted by molar-refractivity contribution is 14.0. The number of nitrogens with one attached hydrogen (secondary N) is 2. The minimum absolute atomic E-state index is 0. The first kappa shape index (κ1) is 26.1. The summed E-state index contributed by atoms with van der Waals surface area (Å²) >= 11 is 1.78. The average molecular weight is 569 g/mol. The van der Waals surface area contributed by atoms with Crippen LogP contribution in [0.4, 0.5) is 0 Å². The summed E-state index contributed by atoms with van der Waals surface area (Å²) in [4.78, 5) is 6.10. The molecule has 0 bridgehead atoms. The van der Waals surface area contributed by atoms with Gasteiger partial charge in [-0.1, -0.05) is 25.1 Å². The van der Waals surface area contributed by atoms with Crippen LogP contribution in [-0.2, 0) is 20.0 Å². The van der Waals surface area contributed by atoms with Crippen molar-refractivity contribution in [2.45, 2.75) is 39.2 Å². The number of benzene rings is 1. The fourth-order valence-corrected chi connectivity index (χ4v) is 3.89. The summed E-state index contributed by atoms with van der Waals surface area (Å²) in [6.07, 6.45) is 1.98. The minimum Gasteiger partial charge on any atom is -0.497 e. The van der Waals surface area contributed by atoms with Crippen molar-refractivity contribution in [1.29, 1.82) is 0 Å². The van der Waals surface area contributed by atoms with Crippen LogP contribution in [0, 0.1) is 6.92 Å². The van der Waals surface area contributed by atoms with Crippen molar-refractivity contribution in [3.8, 4) is 5.75 Å². The number of aromatic nitrogens is 3. The Morgan fingerprint density at radius 2 is 1.91 bits per heavy atom. The van der Waals surface area contributed by atoms with Gasteiger partial charge in [0.25, 0.3) is 0 Å². The number of halogens is 1. The zero-order valence-corrected chi connectivity index (χ0v) is 22.3. The Bertz CT molecular complexity index is 956. The first-order valence-corrected chi connectivity index (χ1v) is 11.5. The Kier molecular flexibility index (Phi) is 10.9. The summed E-state index contributed by atoms with van der Waals surface area (Å²) in [7, 11) is 3.66. The molecule has 174 valence electrons. The third kappa shape index (κ3) is 7.77. The molecule has 0 fully saturated rings. The lowest BCUT2D eigenvalue weighted by molar-refractivity contribution is 0.414. The standard InChI is InChI=1S/C23H32N6OS.HI/c1-17(19-7-9-20(30-4)10-8-19)11-13-24-23(25-14-12-21-6-5-15-31-21)26-16-22-28-27-18(2)29(22)3;/h5-10,15,17H,11-14,16H2,1-4H3,(H2,24,25,26);1H. The maximum Gasteiger partial charge on any atom is 0.191 e. The largest absolute Gasteiger partial charge is 0.497 e. The van der Waals surface area contributed by atoms with E-state index in [1.54, 1.807) is 18.4 Å². The van der Waals surface area contributed by atoms with E-state index in [1.165, 1.54) is 10.4 Å². The Balaban J connectivity index is 0.00000363. The second kappa shape index (κ2) is 13.4. The van der Waals surface area contributed by atoms with Crippen molar-refractivity contribution in [2.24, 2.45) is 12.0 Å². The van der Waals surface area contributed by atoms with Gasteiger partial charge in [0.1, 0.15) is 18.1 Å². The number of guanidine groups is 1. The van der Waals surface area contributed by atoms with E-state index in [2.05, 4.69) is 57.4 Å². The number of thiophene rings is 1. The van der Waals surface area contributed by atoms with Gasteiger partial charge in [0, 0.05) is 25.0 Å². The molecular formula is C23H33IN6OS. The first-order valence-electron chi connectivity index (χ1n) is 10.6. The van der Waals surface area contributed by atoms with Gasteiger partial charge in [-0.05, 0) is 54.8 Å². The van der Waals surface area contributed by atoms with Crippen LogP contribution in [0.25, 0.3) is 0 Å². The molecule has 0 aliphatic rings. The Morgan fingerprint density at radius 3 is 2.53 bits per heavy atom. The maximum absolute atomic E-state index is 5.25. The number of ether oxygens (including phenoxy) is 1. The minimum atomic E-state index is 0. The first-order chi connectivity index (χ1) is 15.1. The predicted molar refractivity (Wildman–Crippen MR) is 142 cm³/mol. The van der Waals surface area contributed by atoms with Crippen molar-refractivity contribution < 1.29 is 4.74 Å². The third-order valence-electron chi connectivity index (χ3n) is 5.36. The van der Waals surface area contributed by atoms with Gasteiger partial charge < -0.3 is 19.9 Å². The molecule has 0 spiro atoms. The third-order valence-corrected chi connectivity index (χ3v) is 6.30. The molecule has 1 aromatic carbocycles. The molecule has 3 rings (SSSR count). The Labute approximate surface area is 211 Å². The van der Waals surface area contributed by atoms with Crippen LogP contribution in [0.15, 0.2) is 46.8 Å². The maximum atomic E-state index is 5.25. The molecule has 2 N–H and O–H groups in total. The van der Waals surface area contributed by atoms with Gasteiger partial charge in [-0.25, -0.2) is 4.99 Å². The van der Waals surface area contributed by atoms with Crippen LogP contribution >= 0.6 is 35.3 Å². The van der Waals surface area contributed by atoms with Crippen molar-refractivity contribution in [3.63, 3.8) is 0 Å². The summed E-state index contributed by atoms with van der Waals surface area (Å²) in [6, 6.07) is 12.5. The van der Waals surface area contributed by atoms with E-state index in [9.17, 15) is 0 Å². The molecule has 1 unspecified atom stereocenters. The zero-order valence-electron chi connectivity index (χ0n) is 19.2. The van der Waals surface area contributed by atoms with E-state index in [4.69, 9.17) is 9.73 Å². The van der Waals surface area contributed by atoms with Crippen LogP contribution in [0.3, 0.4) is 0 Å². The molecule has 2 aromatic heterocycles. The van der Waals surface area contributed by atoms with Crippen LogP contribution in [0.5, 0.6) is 5.75 Å². The number of aryl methyl sites for hydroxylation is 1. The molecular weight excluding hydrogens is 535 g/mol. The SMILES string of the molecule is COc1ccc(C(C)CCNC(=NCc2nnc(C)n2C)NCCc2cccs2)cc1.I. The van der Waals surface area contributed by atoms with E-state index in [0.717, 1.165) is 49.3 Å². The zero-order chi connectivity index (χ0) is 22.1. The molecule has 32 heavy (non-hydrogen) atoms. The van der Waals surface area contributed by atoms with E-state index in [1.807, 2.05) is 30.7 Å². The normalized spacial score (nSPS) is 12.2. The topological polar surface area (TPSA) is 76.4 Å². The molecule has 2 heterocycles. The highest BCUT2D eigenvalue weighted by Crippen LogP contribution is 2.21. The lowest BCUT2D eigenvalue weighted by Crippen LogP contribution is -2.39. The molecule has 0 aliphatic heterocycles. The number of nitrogens with zero attached hydrogens (tertiary/aromatic N) is 4. The van der Waals surface area contributed by atoms with Crippen LogP contribution in [0.1, 0.15) is 41.4 Å². The highest BCUT2D eigenvalue weighted by Gasteiger charge is 2.08. The molecule has 0 amide bonds. The number of methoxy groups -OCH3 is 1. The molecule has 3 aromatic rings. The molecule has 7 nitrogen and oxygen atoms in total. The Morgan fingerprint density at radius 1 is 1.16 bits per heavy atom. The van der Waals surface area contributed by atoms with E-state index in [0.29, 0.717) is 12.5 Å². The molecule has 1 atom stereocenters. The van der Waals surface area contributed by atoms with Gasteiger partial charge in [-0.15, -0.1) is 45.5 Å². The summed E-state index contributed by atoms with van der Waals surface area (Å²) in [6.45, 7) is 6.33. The van der Waals surface area contributed by atoms with Gasteiger partial charge in [-0.2, -0.15) is 0 Å². The summed E-state index contributed by atoms with van der Waals surface area (Å²) in [5.41, 5.74) is 1.31. The van der Waals surface area contributed by atoms with Crippen LogP contribution < -0.4 is 15.4 Å². The van der Waals surface area contributed by atoms with Gasteiger partial charge in [0.2, 0.25) is 0 Å². The summed E-state index contributed by atoms with van der Waals surface area (Å²) in [5, 5.41) is 17.4. The van der Waals surface area contributed by atoms with Crippen molar-refractivity contribution in [2.75, 3.05) is 20.2 Å². The fraction of sp³-hybridized carbons (Fsp3) is 0.435. The van der Waals surface area contributed by atoms with Crippen molar-refractivity contribution >= 4 is 41.3 Å². The van der Waals surface area contributed by atoms with Gasteiger partial charge >= 0.3 is 0 Å². The van der Waals surface area contributed by atoms with Gasteiger partial charge in [-0.3, -0.25) is 0 Å². The predicted octanol–water partition coefficient (Wildman–Crippen LogP) is 4.28. The number of hydrogen-bond donors (Lipinski definition) is 2. The highest BCUT2D eigenvalue weighted by atomic mass is 127. The van der Waals surface area contributed by atoms with Crippen LogP contribution in [0.2, 0.25) is 0 Å². The molecule has 9 heteroatoms. The number of rotatable bonds is 10. The smallest absolute Gasteiger partial charge is 0.191 e. The number of aliphatic imine (C=N–C) groups is 1. The monoisotopic (exact) mass is 568 g/mol. The molecule has 0 saturated carbocycles. The van der Waals surface area contributed by atoms with Gasteiger partial charge in [0.15, 0.2) is 11.8 Å². The second-order valence-corrected chi connectivity index (χ2v) is 8.57. The Hall–Kier alpha value is -2.14. The second-order valence-electron chi connectivity index (χ2n) is 7.53.